The van der Waals surface area contributed by atoms with Gasteiger partial charge in [0.1, 0.15) is 5.66 Å². The lowest BCUT2D eigenvalue weighted by atomic mass is 10.5. The lowest BCUT2D eigenvalue weighted by Gasteiger charge is -2.21. The zero-order valence-electron chi connectivity index (χ0n) is 9.69. The minimum Gasteiger partial charge on any atom is -0.308 e. The van der Waals surface area contributed by atoms with Crippen LogP contribution < -0.4 is 0 Å². The van der Waals surface area contributed by atoms with Gasteiger partial charge in [-0.2, -0.15) is 0 Å². The largest absolute Gasteiger partial charge is 0.341 e. The molecule has 0 radical (unpaired) electrons. The Morgan fingerprint density at radius 1 is 1.27 bits per heavy atom. The first-order valence-corrected chi connectivity index (χ1v) is 7.66. The summed E-state index contributed by atoms with van der Waals surface area (Å²) in [6.45, 7) is 7.50. The Balaban J connectivity index is 4.60. The van der Waals surface area contributed by atoms with E-state index in [4.69, 9.17) is 9.05 Å². The monoisotopic (exact) mass is 254 g/mol. The third kappa shape index (κ3) is 4.68. The minimum atomic E-state index is -3.27. The van der Waals surface area contributed by atoms with Crippen molar-refractivity contribution in [2.75, 3.05) is 19.0 Å². The number of thioether (sulfide) groups is 1. The molecule has 0 heterocycles. The molecule has 0 fully saturated rings. The first-order valence-electron chi connectivity index (χ1n) is 5.07. The van der Waals surface area contributed by atoms with Crippen molar-refractivity contribution >= 4 is 24.5 Å². The molecular weight excluding hydrogens is 235 g/mol. The summed E-state index contributed by atoms with van der Waals surface area (Å²) in [6, 6.07) is 0. The van der Waals surface area contributed by atoms with E-state index in [1.165, 1.54) is 0 Å². The quantitative estimate of drug-likeness (QED) is 0.654. The van der Waals surface area contributed by atoms with E-state index in [1.54, 1.807) is 20.8 Å². The summed E-state index contributed by atoms with van der Waals surface area (Å²) in [5.74, 6) is 0.668. The lowest BCUT2D eigenvalue weighted by Crippen LogP contribution is -2.18. The van der Waals surface area contributed by atoms with Gasteiger partial charge >= 0.3 is 7.60 Å². The zero-order valence-corrected chi connectivity index (χ0v) is 11.4. The predicted octanol–water partition coefficient (Wildman–Crippen LogP) is 2.92. The van der Waals surface area contributed by atoms with Crippen molar-refractivity contribution in [3.05, 3.63) is 0 Å². The topological polar surface area (TPSA) is 52.6 Å². The first kappa shape index (κ1) is 15.2. The fourth-order valence-electron chi connectivity index (χ4n) is 1.01. The van der Waals surface area contributed by atoms with Crippen molar-refractivity contribution in [2.45, 2.75) is 33.4 Å². The van der Waals surface area contributed by atoms with Crippen LogP contribution in [0.4, 0.5) is 0 Å². The smallest absolute Gasteiger partial charge is 0.308 e. The van der Waals surface area contributed by atoms with Gasteiger partial charge in [0.25, 0.3) is 0 Å². The Hall–Kier alpha value is 0.170. The zero-order chi connectivity index (χ0) is 11.9. The van der Waals surface area contributed by atoms with Crippen molar-refractivity contribution in [3.8, 4) is 0 Å². The molecular formula is C9H19O4PS. The van der Waals surface area contributed by atoms with E-state index in [1.807, 2.05) is 6.92 Å². The van der Waals surface area contributed by atoms with Gasteiger partial charge in [0, 0.05) is 0 Å². The van der Waals surface area contributed by atoms with E-state index < -0.39 is 13.3 Å². The lowest BCUT2D eigenvalue weighted by molar-refractivity contribution is -0.110. The summed E-state index contributed by atoms with van der Waals surface area (Å²) in [6.07, 6.45) is 0. The molecule has 0 bridgehead atoms. The summed E-state index contributed by atoms with van der Waals surface area (Å²) in [4.78, 5) is 11.6. The van der Waals surface area contributed by atoms with E-state index in [0.29, 0.717) is 5.75 Å². The molecule has 1 unspecified atom stereocenters. The molecule has 0 aliphatic heterocycles. The van der Waals surface area contributed by atoms with Crippen LogP contribution in [0.15, 0.2) is 0 Å². The van der Waals surface area contributed by atoms with Crippen molar-refractivity contribution in [3.63, 3.8) is 0 Å². The second-order valence-electron chi connectivity index (χ2n) is 2.80. The number of hydrogen-bond acceptors (Lipinski definition) is 5. The Morgan fingerprint density at radius 3 is 2.07 bits per heavy atom. The van der Waals surface area contributed by atoms with E-state index >= 15 is 0 Å². The van der Waals surface area contributed by atoms with E-state index in [0.717, 1.165) is 11.8 Å². The molecule has 6 heteroatoms. The average molecular weight is 254 g/mol. The van der Waals surface area contributed by atoms with Gasteiger partial charge in [-0.25, -0.2) is 0 Å². The maximum atomic E-state index is 12.2. The standard InChI is InChI=1S/C9H19O4PS/c1-5-12-14(11,13-6-2)8(4)9(10)15-7-3/h8H,5-7H2,1-4H3. The van der Waals surface area contributed by atoms with Crippen LogP contribution in [0, 0.1) is 0 Å². The number of carbonyl (C=O) groups excluding carboxylic acids is 1. The molecule has 0 aliphatic rings. The van der Waals surface area contributed by atoms with Crippen LogP contribution in [-0.2, 0) is 18.4 Å². The van der Waals surface area contributed by atoms with Crippen molar-refractivity contribution in [2.24, 2.45) is 0 Å². The van der Waals surface area contributed by atoms with Gasteiger partial charge in [0.2, 0.25) is 5.12 Å². The predicted molar refractivity (Wildman–Crippen MR) is 63.5 cm³/mol. The van der Waals surface area contributed by atoms with Crippen LogP contribution in [0.3, 0.4) is 0 Å². The highest BCUT2D eigenvalue weighted by molar-refractivity contribution is 8.14. The van der Waals surface area contributed by atoms with Crippen LogP contribution >= 0.6 is 19.4 Å². The van der Waals surface area contributed by atoms with Crippen molar-refractivity contribution in [1.29, 1.82) is 0 Å². The van der Waals surface area contributed by atoms with Crippen molar-refractivity contribution in [1.82, 2.24) is 0 Å². The van der Waals surface area contributed by atoms with Crippen LogP contribution in [0.2, 0.25) is 0 Å². The first-order chi connectivity index (χ1) is 7.01. The molecule has 0 rings (SSSR count). The van der Waals surface area contributed by atoms with Crippen LogP contribution in [-0.4, -0.2) is 29.7 Å². The minimum absolute atomic E-state index is 0.136. The van der Waals surface area contributed by atoms with Crippen LogP contribution in [0.1, 0.15) is 27.7 Å². The normalized spacial score (nSPS) is 13.9. The van der Waals surface area contributed by atoms with Crippen molar-refractivity contribution < 1.29 is 18.4 Å². The maximum Gasteiger partial charge on any atom is 0.341 e. The molecule has 15 heavy (non-hydrogen) atoms. The fourth-order valence-corrected chi connectivity index (χ4v) is 3.65. The summed E-state index contributed by atoms with van der Waals surface area (Å²) < 4.78 is 22.3. The summed E-state index contributed by atoms with van der Waals surface area (Å²) >= 11 is 1.15. The Morgan fingerprint density at radius 2 is 1.73 bits per heavy atom. The third-order valence-electron chi connectivity index (χ3n) is 1.72. The Kier molecular flexibility index (Phi) is 7.53. The molecule has 0 N–H and O–H groups in total. The van der Waals surface area contributed by atoms with Gasteiger partial charge < -0.3 is 9.05 Å². The molecule has 0 amide bonds. The fraction of sp³-hybridized carbons (Fsp3) is 0.889. The second kappa shape index (κ2) is 7.44. The van der Waals surface area contributed by atoms with Gasteiger partial charge in [0.15, 0.2) is 0 Å². The molecule has 0 aromatic carbocycles. The number of hydrogen-bond donors (Lipinski definition) is 0. The Bertz CT molecular complexity index is 234. The van der Waals surface area contributed by atoms with Gasteiger partial charge in [-0.1, -0.05) is 18.7 Å². The molecule has 90 valence electrons. The highest BCUT2D eigenvalue weighted by Crippen LogP contribution is 2.53. The number of rotatable bonds is 7. The second-order valence-corrected chi connectivity index (χ2v) is 6.44. The highest BCUT2D eigenvalue weighted by Gasteiger charge is 2.36. The van der Waals surface area contributed by atoms with Crippen LogP contribution in [0.5, 0.6) is 0 Å². The van der Waals surface area contributed by atoms with Gasteiger partial charge in [-0.3, -0.25) is 9.36 Å². The van der Waals surface area contributed by atoms with E-state index in [9.17, 15) is 9.36 Å². The Labute approximate surface area is 95.6 Å². The molecule has 4 nitrogen and oxygen atoms in total. The van der Waals surface area contributed by atoms with Crippen LogP contribution in [0.25, 0.3) is 0 Å². The van der Waals surface area contributed by atoms with E-state index in [2.05, 4.69) is 0 Å². The third-order valence-corrected chi connectivity index (χ3v) is 5.24. The number of carbonyl (C=O) groups is 1. The molecule has 0 aromatic heterocycles. The molecule has 0 aromatic rings. The summed E-state index contributed by atoms with van der Waals surface area (Å²) in [5.41, 5.74) is -0.692. The summed E-state index contributed by atoms with van der Waals surface area (Å²) in [7, 11) is -3.27. The molecule has 0 aliphatic carbocycles. The molecule has 0 spiro atoms. The van der Waals surface area contributed by atoms with E-state index in [-0.39, 0.29) is 18.3 Å². The SMILES string of the molecule is CCOP(=O)(OCC)C(C)C(=O)SCC. The maximum absolute atomic E-state index is 12.2. The van der Waals surface area contributed by atoms with Gasteiger partial charge in [-0.05, 0) is 26.5 Å². The molecule has 1 atom stereocenters. The highest BCUT2D eigenvalue weighted by atomic mass is 32.2. The van der Waals surface area contributed by atoms with Gasteiger partial charge in [-0.15, -0.1) is 0 Å². The molecule has 0 saturated heterocycles. The average Bonchev–Trinajstić information content (AvgIpc) is 2.17. The van der Waals surface area contributed by atoms with Gasteiger partial charge in [0.05, 0.1) is 13.2 Å². The summed E-state index contributed by atoms with van der Waals surface area (Å²) in [5, 5.41) is -0.136. The molecule has 0 saturated carbocycles.